The highest BCUT2D eigenvalue weighted by atomic mass is 16.5. The molecular formula is C21H28NO4+. The van der Waals surface area contributed by atoms with E-state index in [0.717, 1.165) is 41.5 Å². The minimum Gasteiger partial charge on any atom is -0.497 e. The fraction of sp³-hybridized carbons (Fsp3) is 0.429. The Balaban J connectivity index is 2.10. The van der Waals surface area contributed by atoms with Crippen molar-refractivity contribution in [2.24, 2.45) is 0 Å². The maximum Gasteiger partial charge on any atom is 0.161 e. The molecule has 140 valence electrons. The number of methoxy groups -OCH3 is 2. The predicted octanol–water partition coefficient (Wildman–Crippen LogP) is 2.71. The van der Waals surface area contributed by atoms with Gasteiger partial charge in [0, 0.05) is 12.0 Å². The Morgan fingerprint density at radius 1 is 0.885 bits per heavy atom. The van der Waals surface area contributed by atoms with Crippen LogP contribution in [-0.4, -0.2) is 34.0 Å². The number of hydrogen-bond acceptors (Lipinski definition) is 4. The van der Waals surface area contributed by atoms with Gasteiger partial charge in [-0.1, -0.05) is 0 Å². The quantitative estimate of drug-likeness (QED) is 0.827. The molecule has 0 saturated heterocycles. The van der Waals surface area contributed by atoms with Crippen LogP contribution in [-0.2, 0) is 6.42 Å². The van der Waals surface area contributed by atoms with Crippen LogP contribution in [0.2, 0.25) is 0 Å². The number of fused-ring (bicyclic) bond motifs is 1. The maximum absolute atomic E-state index is 5.85. The van der Waals surface area contributed by atoms with E-state index in [1.54, 1.807) is 14.2 Å². The van der Waals surface area contributed by atoms with Crippen molar-refractivity contribution in [1.29, 1.82) is 0 Å². The van der Waals surface area contributed by atoms with Crippen LogP contribution in [0.5, 0.6) is 23.0 Å². The lowest BCUT2D eigenvalue weighted by molar-refractivity contribution is -0.690. The molecule has 0 unspecified atom stereocenters. The van der Waals surface area contributed by atoms with Gasteiger partial charge in [0.15, 0.2) is 11.5 Å². The molecule has 5 nitrogen and oxygen atoms in total. The Bertz CT molecular complexity index is 760. The third kappa shape index (κ3) is 3.58. The minimum absolute atomic E-state index is 0.138. The zero-order chi connectivity index (χ0) is 18.5. The molecular weight excluding hydrogens is 330 g/mol. The van der Waals surface area contributed by atoms with Crippen molar-refractivity contribution in [1.82, 2.24) is 0 Å². The molecule has 0 aromatic heterocycles. The minimum atomic E-state index is 0.138. The highest BCUT2D eigenvalue weighted by molar-refractivity contribution is 5.53. The van der Waals surface area contributed by atoms with Crippen molar-refractivity contribution in [2.75, 3.05) is 34.0 Å². The number of benzene rings is 2. The average molecular weight is 358 g/mol. The van der Waals surface area contributed by atoms with E-state index in [1.165, 1.54) is 11.1 Å². The highest BCUT2D eigenvalue weighted by Gasteiger charge is 2.30. The number of quaternary nitrogens is 1. The number of rotatable bonds is 7. The summed E-state index contributed by atoms with van der Waals surface area (Å²) in [7, 11) is 3.39. The fourth-order valence-electron chi connectivity index (χ4n) is 3.57. The van der Waals surface area contributed by atoms with Gasteiger partial charge < -0.3 is 24.3 Å². The molecule has 2 aromatic rings. The molecule has 0 spiro atoms. The van der Waals surface area contributed by atoms with Crippen LogP contribution in [0.25, 0.3) is 0 Å². The van der Waals surface area contributed by atoms with Crippen molar-refractivity contribution in [3.63, 3.8) is 0 Å². The van der Waals surface area contributed by atoms with Gasteiger partial charge in [-0.3, -0.25) is 0 Å². The van der Waals surface area contributed by atoms with Gasteiger partial charge in [0.05, 0.1) is 39.5 Å². The van der Waals surface area contributed by atoms with Gasteiger partial charge in [0.2, 0.25) is 0 Å². The van der Waals surface area contributed by atoms with Crippen LogP contribution < -0.4 is 24.3 Å². The molecule has 1 aliphatic heterocycles. The van der Waals surface area contributed by atoms with Crippen molar-refractivity contribution < 1.29 is 24.3 Å². The summed E-state index contributed by atoms with van der Waals surface area (Å²) in [6.07, 6.45) is 1.00. The van der Waals surface area contributed by atoms with Crippen LogP contribution in [0.15, 0.2) is 30.3 Å². The fourth-order valence-corrected chi connectivity index (χ4v) is 3.57. The summed E-state index contributed by atoms with van der Waals surface area (Å²) in [5.41, 5.74) is 3.66. The van der Waals surface area contributed by atoms with Crippen LogP contribution in [0, 0.1) is 0 Å². The molecule has 0 aliphatic carbocycles. The van der Waals surface area contributed by atoms with Crippen molar-refractivity contribution in [3.05, 3.63) is 47.0 Å². The molecule has 0 fully saturated rings. The van der Waals surface area contributed by atoms with Crippen molar-refractivity contribution in [2.45, 2.75) is 26.3 Å². The van der Waals surface area contributed by atoms with Gasteiger partial charge in [-0.15, -0.1) is 0 Å². The van der Waals surface area contributed by atoms with E-state index in [2.05, 4.69) is 23.5 Å². The van der Waals surface area contributed by atoms with Crippen LogP contribution >= 0.6 is 0 Å². The smallest absolute Gasteiger partial charge is 0.161 e. The molecule has 1 aliphatic rings. The molecule has 0 radical (unpaired) electrons. The molecule has 1 atom stereocenters. The second-order valence-electron chi connectivity index (χ2n) is 6.22. The maximum atomic E-state index is 5.85. The summed E-state index contributed by atoms with van der Waals surface area (Å²) in [4.78, 5) is 0. The second-order valence-corrected chi connectivity index (χ2v) is 6.22. The zero-order valence-electron chi connectivity index (χ0n) is 16.0. The molecule has 0 saturated carbocycles. The summed E-state index contributed by atoms with van der Waals surface area (Å²) in [6.45, 7) is 6.22. The van der Waals surface area contributed by atoms with Crippen LogP contribution in [0.3, 0.4) is 0 Å². The van der Waals surface area contributed by atoms with Crippen LogP contribution in [0.4, 0.5) is 0 Å². The third-order valence-electron chi connectivity index (χ3n) is 4.73. The van der Waals surface area contributed by atoms with Crippen molar-refractivity contribution >= 4 is 0 Å². The Kier molecular flexibility index (Phi) is 5.89. The van der Waals surface area contributed by atoms with Gasteiger partial charge in [-0.05, 0) is 49.7 Å². The van der Waals surface area contributed by atoms with E-state index in [9.17, 15) is 0 Å². The molecule has 0 amide bonds. The SMILES string of the molecule is CCOc1cc2c(cc1OCC)[C@@H](c1cc(OC)ccc1OC)[NH2+]CC2. The van der Waals surface area contributed by atoms with E-state index >= 15 is 0 Å². The number of ether oxygens (including phenoxy) is 4. The monoisotopic (exact) mass is 358 g/mol. The van der Waals surface area contributed by atoms with Gasteiger partial charge >= 0.3 is 0 Å². The molecule has 3 rings (SSSR count). The zero-order valence-corrected chi connectivity index (χ0v) is 16.0. The average Bonchev–Trinajstić information content (AvgIpc) is 2.68. The molecule has 0 bridgehead atoms. The van der Waals surface area contributed by atoms with E-state index in [-0.39, 0.29) is 6.04 Å². The normalized spacial score (nSPS) is 15.9. The molecule has 1 heterocycles. The van der Waals surface area contributed by atoms with Crippen molar-refractivity contribution in [3.8, 4) is 23.0 Å². The summed E-state index contributed by atoms with van der Waals surface area (Å²) in [6, 6.07) is 10.4. The molecule has 5 heteroatoms. The van der Waals surface area contributed by atoms with Gasteiger partial charge in [-0.25, -0.2) is 0 Å². The van der Waals surface area contributed by atoms with Gasteiger partial charge in [-0.2, -0.15) is 0 Å². The Labute approximate surface area is 155 Å². The lowest BCUT2D eigenvalue weighted by Crippen LogP contribution is -2.87. The molecule has 26 heavy (non-hydrogen) atoms. The highest BCUT2D eigenvalue weighted by Crippen LogP contribution is 2.39. The summed E-state index contributed by atoms with van der Waals surface area (Å²) in [5, 5.41) is 2.34. The first-order valence-corrected chi connectivity index (χ1v) is 9.19. The lowest BCUT2D eigenvalue weighted by Gasteiger charge is -2.27. The first kappa shape index (κ1) is 18.4. The Hall–Kier alpha value is -2.40. The van der Waals surface area contributed by atoms with E-state index in [0.29, 0.717) is 13.2 Å². The lowest BCUT2D eigenvalue weighted by atomic mass is 9.88. The van der Waals surface area contributed by atoms with Gasteiger partial charge in [0.25, 0.3) is 0 Å². The molecule has 2 aromatic carbocycles. The molecule has 2 N–H and O–H groups in total. The summed E-state index contributed by atoms with van der Waals surface area (Å²) < 4.78 is 22.7. The van der Waals surface area contributed by atoms with Crippen LogP contribution in [0.1, 0.15) is 36.6 Å². The van der Waals surface area contributed by atoms with E-state index in [1.807, 2.05) is 26.0 Å². The van der Waals surface area contributed by atoms with Gasteiger partial charge in [0.1, 0.15) is 17.5 Å². The Morgan fingerprint density at radius 2 is 1.62 bits per heavy atom. The Morgan fingerprint density at radius 3 is 2.27 bits per heavy atom. The summed E-state index contributed by atoms with van der Waals surface area (Å²) in [5.74, 6) is 3.32. The number of nitrogens with two attached hydrogens (primary N) is 1. The topological polar surface area (TPSA) is 53.5 Å². The first-order chi connectivity index (χ1) is 12.7. The number of hydrogen-bond donors (Lipinski definition) is 1. The largest absolute Gasteiger partial charge is 0.497 e. The predicted molar refractivity (Wildman–Crippen MR) is 101 cm³/mol. The first-order valence-electron chi connectivity index (χ1n) is 9.19. The standard InChI is InChI=1S/C21H27NO4/c1-5-25-19-11-14-9-10-22-21(16(14)13-20(19)26-6-2)17-12-15(23-3)7-8-18(17)24-4/h7-8,11-13,21-22H,5-6,9-10H2,1-4H3/p+1/t21-/m0/s1. The van der Waals surface area contributed by atoms with E-state index < -0.39 is 0 Å². The van der Waals surface area contributed by atoms with E-state index in [4.69, 9.17) is 18.9 Å². The second kappa shape index (κ2) is 8.32. The summed E-state index contributed by atoms with van der Waals surface area (Å²) >= 11 is 0. The third-order valence-corrected chi connectivity index (χ3v) is 4.73.